The van der Waals surface area contributed by atoms with Crippen LogP contribution in [0.1, 0.15) is 11.1 Å². The van der Waals surface area contributed by atoms with E-state index < -0.39 is 10.0 Å². The van der Waals surface area contributed by atoms with Crippen LogP contribution in [0.3, 0.4) is 0 Å². The van der Waals surface area contributed by atoms with E-state index >= 15 is 0 Å². The lowest BCUT2D eigenvalue weighted by Gasteiger charge is -2.17. The van der Waals surface area contributed by atoms with E-state index in [4.69, 9.17) is 16.9 Å². The van der Waals surface area contributed by atoms with Gasteiger partial charge in [0, 0.05) is 13.6 Å². The fraction of sp³-hybridized carbons (Fsp3) is 0.154. The second-order valence-electron chi connectivity index (χ2n) is 4.28. The molecule has 0 spiro atoms. The number of hydrogen-bond acceptors (Lipinski definition) is 4. The molecule has 0 unspecified atom stereocenters. The van der Waals surface area contributed by atoms with Crippen molar-refractivity contribution in [2.75, 3.05) is 7.05 Å². The highest BCUT2D eigenvalue weighted by Crippen LogP contribution is 2.27. The average Bonchev–Trinajstić information content (AvgIpc) is 2.84. The molecule has 0 aliphatic heterocycles. The van der Waals surface area contributed by atoms with Gasteiger partial charge in [0.15, 0.2) is 0 Å². The Morgan fingerprint density at radius 1 is 1.43 bits per heavy atom. The molecule has 0 radical (unpaired) electrons. The Balaban J connectivity index is 2.35. The highest BCUT2D eigenvalue weighted by Gasteiger charge is 2.24. The fourth-order valence-corrected chi connectivity index (χ4v) is 4.56. The topological polar surface area (TPSA) is 61.2 Å². The first-order chi connectivity index (χ1) is 9.84. The molecule has 1 aromatic carbocycles. The fourth-order valence-electron chi connectivity index (χ4n) is 1.71. The summed E-state index contributed by atoms with van der Waals surface area (Å²) in [6.45, 7) is 0.234. The molecule has 4 nitrogen and oxygen atoms in total. The zero-order chi connectivity index (χ0) is 15.6. The lowest BCUT2D eigenvalue weighted by atomic mass is 10.2. The highest BCUT2D eigenvalue weighted by atomic mass is 79.9. The van der Waals surface area contributed by atoms with E-state index in [0.29, 0.717) is 0 Å². The number of hydrogen-bond donors (Lipinski definition) is 0. The van der Waals surface area contributed by atoms with Gasteiger partial charge < -0.3 is 0 Å². The van der Waals surface area contributed by atoms with Gasteiger partial charge in [0.1, 0.15) is 4.90 Å². The zero-order valence-electron chi connectivity index (χ0n) is 10.9. The van der Waals surface area contributed by atoms with E-state index in [2.05, 4.69) is 15.9 Å². The number of benzene rings is 1. The number of thiophene rings is 1. The second kappa shape index (κ2) is 6.46. The monoisotopic (exact) mass is 404 g/mol. The number of nitrogens with zero attached hydrogens (tertiary/aromatic N) is 2. The molecule has 8 heteroatoms. The predicted molar refractivity (Wildman–Crippen MR) is 86.8 cm³/mol. The quantitative estimate of drug-likeness (QED) is 0.776. The Labute approximate surface area is 140 Å². The van der Waals surface area contributed by atoms with Crippen molar-refractivity contribution in [1.29, 1.82) is 5.26 Å². The summed E-state index contributed by atoms with van der Waals surface area (Å²) in [5, 5.41) is 10.9. The first kappa shape index (κ1) is 16.5. The smallest absolute Gasteiger partial charge is 0.207 e. The molecule has 0 N–H and O–H groups in total. The van der Waals surface area contributed by atoms with Crippen molar-refractivity contribution in [2.45, 2.75) is 11.4 Å². The van der Waals surface area contributed by atoms with Gasteiger partial charge in [0.2, 0.25) is 10.0 Å². The number of rotatable bonds is 4. The van der Waals surface area contributed by atoms with Crippen LogP contribution in [0, 0.1) is 11.3 Å². The van der Waals surface area contributed by atoms with Crippen LogP contribution in [0.25, 0.3) is 0 Å². The molecule has 0 aliphatic rings. The maximum Gasteiger partial charge on any atom is 0.244 e. The van der Waals surface area contributed by atoms with E-state index in [1.165, 1.54) is 40.9 Å². The third kappa shape index (κ3) is 3.65. The Morgan fingerprint density at radius 2 is 2.14 bits per heavy atom. The van der Waals surface area contributed by atoms with Crippen molar-refractivity contribution in [3.8, 4) is 6.07 Å². The Hall–Kier alpha value is -0.910. The summed E-state index contributed by atoms with van der Waals surface area (Å²) in [5.74, 6) is 0. The molecule has 110 valence electrons. The van der Waals surface area contributed by atoms with Gasteiger partial charge in [0.05, 0.1) is 20.4 Å². The van der Waals surface area contributed by atoms with Gasteiger partial charge in [-0.25, -0.2) is 8.42 Å². The van der Waals surface area contributed by atoms with Crippen molar-refractivity contribution >= 4 is 48.9 Å². The van der Waals surface area contributed by atoms with Crippen LogP contribution in [0.15, 0.2) is 38.3 Å². The molecule has 0 saturated heterocycles. The maximum atomic E-state index is 12.6. The molecule has 21 heavy (non-hydrogen) atoms. The van der Waals surface area contributed by atoms with Crippen molar-refractivity contribution in [2.24, 2.45) is 0 Å². The molecule has 2 aromatic rings. The van der Waals surface area contributed by atoms with Gasteiger partial charge in [-0.15, -0.1) is 11.3 Å². The minimum atomic E-state index is -3.75. The maximum absolute atomic E-state index is 12.6. The molecule has 0 amide bonds. The summed E-state index contributed by atoms with van der Waals surface area (Å²) in [7, 11) is -2.27. The summed E-state index contributed by atoms with van der Waals surface area (Å²) in [4.78, 5) is -0.0555. The van der Waals surface area contributed by atoms with Gasteiger partial charge in [-0.05, 0) is 51.1 Å². The third-order valence-electron chi connectivity index (χ3n) is 2.78. The van der Waals surface area contributed by atoms with Crippen molar-refractivity contribution < 1.29 is 8.42 Å². The zero-order valence-corrected chi connectivity index (χ0v) is 14.9. The minimum Gasteiger partial charge on any atom is -0.207 e. The molecule has 2 rings (SSSR count). The van der Waals surface area contributed by atoms with Crippen LogP contribution in [-0.2, 0) is 16.6 Å². The molecule has 0 aliphatic carbocycles. The first-order valence-electron chi connectivity index (χ1n) is 5.73. The first-order valence-corrected chi connectivity index (χ1v) is 9.22. The third-order valence-corrected chi connectivity index (χ3v) is 6.61. The number of sulfonamides is 1. The summed E-state index contributed by atoms with van der Waals surface area (Å²) in [6.07, 6.45) is 0. The lowest BCUT2D eigenvalue weighted by Crippen LogP contribution is -2.26. The predicted octanol–water partition coefficient (Wildman–Crippen LogP) is 3.86. The minimum absolute atomic E-state index is 0.0555. The summed E-state index contributed by atoms with van der Waals surface area (Å²) >= 11 is 10.8. The van der Waals surface area contributed by atoms with Crippen LogP contribution in [0.2, 0.25) is 5.02 Å². The Bertz CT molecular complexity index is 812. The van der Waals surface area contributed by atoms with Gasteiger partial charge in [-0.1, -0.05) is 11.6 Å². The van der Waals surface area contributed by atoms with Crippen LogP contribution in [-0.4, -0.2) is 19.8 Å². The Morgan fingerprint density at radius 3 is 2.71 bits per heavy atom. The number of nitriles is 1. The van der Waals surface area contributed by atoms with Crippen LogP contribution >= 0.6 is 38.9 Å². The van der Waals surface area contributed by atoms with Crippen LogP contribution < -0.4 is 0 Å². The molecule has 0 bridgehead atoms. The largest absolute Gasteiger partial charge is 0.244 e. The van der Waals surface area contributed by atoms with Crippen LogP contribution in [0.5, 0.6) is 0 Å². The molecule has 0 saturated carbocycles. The van der Waals surface area contributed by atoms with Crippen LogP contribution in [0.4, 0.5) is 0 Å². The summed E-state index contributed by atoms with van der Waals surface area (Å²) < 4.78 is 27.3. The van der Waals surface area contributed by atoms with Crippen molar-refractivity contribution in [1.82, 2.24) is 4.31 Å². The molecular weight excluding hydrogens is 396 g/mol. The van der Waals surface area contributed by atoms with E-state index in [1.54, 1.807) is 0 Å². The SMILES string of the molecule is CN(Cc1csc(Br)c1)S(=O)(=O)c1cc(C#N)ccc1Cl. The normalized spacial score (nSPS) is 11.6. The van der Waals surface area contributed by atoms with Gasteiger partial charge in [0.25, 0.3) is 0 Å². The lowest BCUT2D eigenvalue weighted by molar-refractivity contribution is 0.467. The van der Waals surface area contributed by atoms with Crippen molar-refractivity contribution in [3.05, 3.63) is 49.6 Å². The van der Waals surface area contributed by atoms with Gasteiger partial charge in [-0.2, -0.15) is 9.57 Å². The van der Waals surface area contributed by atoms with Gasteiger partial charge >= 0.3 is 0 Å². The average molecular weight is 406 g/mol. The standard InChI is InChI=1S/C13H10BrClN2O2S2/c1-17(7-10-5-13(14)20-8-10)21(18,19)12-4-9(6-16)2-3-11(12)15/h2-5,8H,7H2,1H3. The second-order valence-corrected chi connectivity index (χ2v) is 8.99. The molecule has 1 aromatic heterocycles. The summed E-state index contributed by atoms with van der Waals surface area (Å²) in [6, 6.07) is 7.97. The van der Waals surface area contributed by atoms with Crippen molar-refractivity contribution in [3.63, 3.8) is 0 Å². The van der Waals surface area contributed by atoms with E-state index in [-0.39, 0.29) is 22.0 Å². The molecule has 0 atom stereocenters. The number of halogens is 2. The highest BCUT2D eigenvalue weighted by molar-refractivity contribution is 9.11. The van der Waals surface area contributed by atoms with E-state index in [1.807, 2.05) is 17.5 Å². The van der Waals surface area contributed by atoms with E-state index in [9.17, 15) is 8.42 Å². The van der Waals surface area contributed by atoms with E-state index in [0.717, 1.165) is 9.35 Å². The van der Waals surface area contributed by atoms with Gasteiger partial charge in [-0.3, -0.25) is 0 Å². The molecule has 0 fully saturated rings. The summed E-state index contributed by atoms with van der Waals surface area (Å²) in [5.41, 5.74) is 1.13. The molecular formula is C13H10BrClN2O2S2. The Kier molecular flexibility index (Phi) is 5.07. The molecule has 1 heterocycles.